The zero-order valence-corrected chi connectivity index (χ0v) is 15.6. The monoisotopic (exact) mass is 374 g/mol. The van der Waals surface area contributed by atoms with Gasteiger partial charge in [0.25, 0.3) is 5.91 Å². The van der Waals surface area contributed by atoms with E-state index >= 15 is 0 Å². The van der Waals surface area contributed by atoms with Crippen LogP contribution in [0, 0.1) is 5.41 Å². The number of carbonyl (C=O) groups excluding carboxylic acids is 1. The summed E-state index contributed by atoms with van der Waals surface area (Å²) in [6, 6.07) is 13.5. The van der Waals surface area contributed by atoms with E-state index in [4.69, 9.17) is 4.74 Å². The summed E-state index contributed by atoms with van der Waals surface area (Å²) in [5.41, 5.74) is 3.32. The smallest absolute Gasteiger partial charge is 0.274 e. The molecule has 2 aliphatic heterocycles. The normalized spacial score (nSPS) is 18.1. The largest absolute Gasteiger partial charge is 0.381 e. The molecular weight excluding hydrogens is 352 g/mol. The van der Waals surface area contributed by atoms with E-state index < -0.39 is 0 Å². The summed E-state index contributed by atoms with van der Waals surface area (Å²) in [4.78, 5) is 23.8. The van der Waals surface area contributed by atoms with Crippen LogP contribution in [-0.2, 0) is 4.74 Å². The summed E-state index contributed by atoms with van der Waals surface area (Å²) in [5, 5.41) is 3.95. The van der Waals surface area contributed by atoms with Gasteiger partial charge in [0.15, 0.2) is 0 Å². The molecule has 1 N–H and O–H groups in total. The number of para-hydroxylation sites is 1. The number of rotatable bonds is 3. The molecule has 0 unspecified atom stereocenters. The van der Waals surface area contributed by atoms with Crippen molar-refractivity contribution in [3.05, 3.63) is 60.6 Å². The molecule has 6 heteroatoms. The average Bonchev–Trinajstić information content (AvgIpc) is 2.73. The first-order chi connectivity index (χ1) is 13.7. The molecule has 142 valence electrons. The maximum Gasteiger partial charge on any atom is 0.274 e. The third kappa shape index (κ3) is 3.10. The number of carbonyl (C=O) groups is 1. The van der Waals surface area contributed by atoms with Crippen LogP contribution in [0.15, 0.2) is 54.9 Å². The Labute approximate surface area is 163 Å². The van der Waals surface area contributed by atoms with Gasteiger partial charge in [0, 0.05) is 55.2 Å². The van der Waals surface area contributed by atoms with Crippen molar-refractivity contribution in [2.24, 2.45) is 5.41 Å². The number of pyridine rings is 2. The number of benzene rings is 1. The van der Waals surface area contributed by atoms with E-state index in [2.05, 4.69) is 20.2 Å². The number of anilines is 2. The molecule has 0 saturated carbocycles. The fraction of sp³-hybridized carbons (Fsp3) is 0.318. The Hall–Kier alpha value is -2.99. The van der Waals surface area contributed by atoms with Crippen LogP contribution in [0.1, 0.15) is 23.3 Å². The van der Waals surface area contributed by atoms with Crippen molar-refractivity contribution in [1.29, 1.82) is 0 Å². The zero-order chi connectivity index (χ0) is 19.0. The van der Waals surface area contributed by atoms with Crippen LogP contribution in [0.5, 0.6) is 0 Å². The van der Waals surface area contributed by atoms with Crippen molar-refractivity contribution in [1.82, 2.24) is 9.97 Å². The van der Waals surface area contributed by atoms with Gasteiger partial charge in [-0.25, -0.2) is 0 Å². The van der Waals surface area contributed by atoms with Crippen molar-refractivity contribution in [2.45, 2.75) is 12.8 Å². The molecule has 4 heterocycles. The van der Waals surface area contributed by atoms with Crippen molar-refractivity contribution in [2.75, 3.05) is 36.5 Å². The van der Waals surface area contributed by atoms with Crippen LogP contribution in [-0.4, -0.2) is 42.2 Å². The van der Waals surface area contributed by atoms with Crippen molar-refractivity contribution in [3.8, 4) is 0 Å². The second-order valence-electron chi connectivity index (χ2n) is 7.70. The Morgan fingerprint density at radius 2 is 1.86 bits per heavy atom. The van der Waals surface area contributed by atoms with E-state index in [1.54, 1.807) is 12.4 Å². The number of aromatic nitrogens is 2. The van der Waals surface area contributed by atoms with Crippen LogP contribution >= 0.6 is 0 Å². The van der Waals surface area contributed by atoms with Gasteiger partial charge in [-0.05, 0) is 37.1 Å². The van der Waals surface area contributed by atoms with Gasteiger partial charge in [-0.3, -0.25) is 14.8 Å². The number of nitrogens with zero attached hydrogens (tertiary/aromatic N) is 3. The summed E-state index contributed by atoms with van der Waals surface area (Å²) >= 11 is 0. The van der Waals surface area contributed by atoms with Gasteiger partial charge in [-0.15, -0.1) is 0 Å². The SMILES string of the molecule is O=C(Nc1cccc2cccnc12)c1cc(N2CC3(CCOCC3)C2)ccn1. The van der Waals surface area contributed by atoms with Crippen molar-refractivity contribution in [3.63, 3.8) is 0 Å². The maximum atomic E-state index is 12.8. The number of fused-ring (bicyclic) bond motifs is 1. The van der Waals surface area contributed by atoms with Gasteiger partial charge >= 0.3 is 0 Å². The highest BCUT2D eigenvalue weighted by Crippen LogP contribution is 2.42. The molecule has 0 radical (unpaired) electrons. The van der Waals surface area contributed by atoms with Crippen molar-refractivity contribution >= 4 is 28.2 Å². The van der Waals surface area contributed by atoms with Gasteiger partial charge in [0.1, 0.15) is 5.69 Å². The molecule has 2 fully saturated rings. The Kier molecular flexibility index (Phi) is 4.20. The van der Waals surface area contributed by atoms with Crippen molar-refractivity contribution < 1.29 is 9.53 Å². The molecule has 6 nitrogen and oxygen atoms in total. The fourth-order valence-electron chi connectivity index (χ4n) is 4.20. The molecule has 1 amide bonds. The molecule has 28 heavy (non-hydrogen) atoms. The summed E-state index contributed by atoms with van der Waals surface area (Å²) in [6.45, 7) is 3.76. The molecule has 5 rings (SSSR count). The topological polar surface area (TPSA) is 67.4 Å². The van der Waals surface area contributed by atoms with E-state index in [0.717, 1.165) is 55.7 Å². The highest BCUT2D eigenvalue weighted by Gasteiger charge is 2.43. The Bertz CT molecular complexity index is 1020. The summed E-state index contributed by atoms with van der Waals surface area (Å²) < 4.78 is 5.49. The minimum atomic E-state index is -0.221. The van der Waals surface area contributed by atoms with E-state index in [1.807, 2.05) is 42.5 Å². The molecule has 0 atom stereocenters. The van der Waals surface area contributed by atoms with E-state index in [0.29, 0.717) is 16.8 Å². The first-order valence-corrected chi connectivity index (χ1v) is 9.66. The van der Waals surface area contributed by atoms with E-state index in [1.165, 1.54) is 0 Å². The lowest BCUT2D eigenvalue weighted by atomic mass is 9.73. The lowest BCUT2D eigenvalue weighted by molar-refractivity contribution is -0.000197. The predicted molar refractivity (Wildman–Crippen MR) is 109 cm³/mol. The highest BCUT2D eigenvalue weighted by molar-refractivity contribution is 6.07. The maximum absolute atomic E-state index is 12.8. The van der Waals surface area contributed by atoms with Crippen LogP contribution < -0.4 is 10.2 Å². The number of ether oxygens (including phenoxy) is 1. The van der Waals surface area contributed by atoms with E-state index in [-0.39, 0.29) is 5.91 Å². The third-order valence-electron chi connectivity index (χ3n) is 5.83. The molecule has 2 saturated heterocycles. The number of nitrogens with one attached hydrogen (secondary N) is 1. The van der Waals surface area contributed by atoms with Gasteiger partial charge < -0.3 is 15.0 Å². The van der Waals surface area contributed by atoms with Gasteiger partial charge in [-0.1, -0.05) is 18.2 Å². The molecule has 0 aliphatic carbocycles. The minimum Gasteiger partial charge on any atom is -0.381 e. The molecule has 2 aliphatic rings. The second-order valence-corrected chi connectivity index (χ2v) is 7.70. The summed E-state index contributed by atoms with van der Waals surface area (Å²) in [5.74, 6) is -0.221. The molecule has 2 aromatic heterocycles. The average molecular weight is 374 g/mol. The first-order valence-electron chi connectivity index (χ1n) is 9.66. The Balaban J connectivity index is 1.33. The van der Waals surface area contributed by atoms with Gasteiger partial charge in [0.05, 0.1) is 11.2 Å². The molecular formula is C22H22N4O2. The van der Waals surface area contributed by atoms with Crippen LogP contribution in [0.2, 0.25) is 0 Å². The molecule has 1 aromatic carbocycles. The first kappa shape index (κ1) is 17.1. The van der Waals surface area contributed by atoms with Crippen LogP contribution in [0.3, 0.4) is 0 Å². The van der Waals surface area contributed by atoms with Crippen LogP contribution in [0.4, 0.5) is 11.4 Å². The van der Waals surface area contributed by atoms with Gasteiger partial charge in [0.2, 0.25) is 0 Å². The summed E-state index contributed by atoms with van der Waals surface area (Å²) in [6.07, 6.45) is 5.68. The fourth-order valence-corrected chi connectivity index (χ4v) is 4.20. The molecule has 1 spiro atoms. The van der Waals surface area contributed by atoms with E-state index in [9.17, 15) is 4.79 Å². The Morgan fingerprint density at radius 3 is 2.71 bits per heavy atom. The quantitative estimate of drug-likeness (QED) is 0.760. The van der Waals surface area contributed by atoms with Crippen LogP contribution in [0.25, 0.3) is 10.9 Å². The third-order valence-corrected chi connectivity index (χ3v) is 5.83. The standard InChI is InChI=1S/C22H22N4O2/c27-21(25-18-5-1-3-16-4-2-9-24-20(16)18)19-13-17(6-10-23-19)26-14-22(15-26)7-11-28-12-8-22/h1-6,9-10,13H,7-8,11-12,14-15H2,(H,25,27). The highest BCUT2D eigenvalue weighted by atomic mass is 16.5. The summed E-state index contributed by atoms with van der Waals surface area (Å²) in [7, 11) is 0. The predicted octanol–water partition coefficient (Wildman–Crippen LogP) is 3.50. The second kappa shape index (κ2) is 6.87. The number of hydrogen-bond donors (Lipinski definition) is 1. The molecule has 0 bridgehead atoms. The zero-order valence-electron chi connectivity index (χ0n) is 15.6. The molecule has 3 aromatic rings. The lowest BCUT2D eigenvalue weighted by Gasteiger charge is -2.53. The lowest BCUT2D eigenvalue weighted by Crippen LogP contribution is -2.58. The number of amides is 1. The Morgan fingerprint density at radius 1 is 1.04 bits per heavy atom. The minimum absolute atomic E-state index is 0.221. The number of hydrogen-bond acceptors (Lipinski definition) is 5. The van der Waals surface area contributed by atoms with Gasteiger partial charge in [-0.2, -0.15) is 0 Å².